The lowest BCUT2D eigenvalue weighted by Gasteiger charge is -2.16. The van der Waals surface area contributed by atoms with E-state index in [9.17, 15) is 4.79 Å². The Morgan fingerprint density at radius 3 is 2.76 bits per heavy atom. The molecule has 0 spiro atoms. The number of benzene rings is 1. The van der Waals surface area contributed by atoms with Gasteiger partial charge in [-0.25, -0.2) is 0 Å². The second kappa shape index (κ2) is 6.25. The molecule has 21 heavy (non-hydrogen) atoms. The maximum absolute atomic E-state index is 12.0. The summed E-state index contributed by atoms with van der Waals surface area (Å²) in [5.74, 6) is 0.545. The second-order valence-corrected chi connectivity index (χ2v) is 4.98. The highest BCUT2D eigenvalue weighted by Gasteiger charge is 2.15. The first-order valence-corrected chi connectivity index (χ1v) is 6.71. The van der Waals surface area contributed by atoms with Gasteiger partial charge in [-0.3, -0.25) is 9.89 Å². The molecule has 2 rings (SSSR count). The van der Waals surface area contributed by atoms with Crippen LogP contribution in [0.5, 0.6) is 5.75 Å². The van der Waals surface area contributed by atoms with Crippen LogP contribution in [0.1, 0.15) is 43.0 Å². The zero-order valence-electron chi connectivity index (χ0n) is 12.3. The lowest BCUT2D eigenvalue weighted by Crippen LogP contribution is -2.27. The predicted molar refractivity (Wildman–Crippen MR) is 78.9 cm³/mol. The molecule has 7 heteroatoms. The molecule has 0 bridgehead atoms. The first-order valence-electron chi connectivity index (χ1n) is 6.71. The van der Waals surface area contributed by atoms with Gasteiger partial charge in [0.2, 0.25) is 11.8 Å². The number of amides is 1. The summed E-state index contributed by atoms with van der Waals surface area (Å²) in [6, 6.07) is 7.41. The number of anilines is 1. The number of aromatic amines is 1. The average molecular weight is 289 g/mol. The van der Waals surface area contributed by atoms with E-state index in [1.54, 1.807) is 0 Å². The van der Waals surface area contributed by atoms with Crippen molar-refractivity contribution in [1.29, 1.82) is 0 Å². The Kier molecular flexibility index (Phi) is 4.42. The number of hydrogen-bond acceptors (Lipinski definition) is 5. The molecule has 0 aliphatic carbocycles. The first kappa shape index (κ1) is 14.8. The van der Waals surface area contributed by atoms with Crippen LogP contribution < -0.4 is 15.8 Å². The van der Waals surface area contributed by atoms with Crippen LogP contribution in [0.3, 0.4) is 0 Å². The zero-order valence-corrected chi connectivity index (χ0v) is 12.3. The van der Waals surface area contributed by atoms with Gasteiger partial charge in [-0.2, -0.15) is 4.98 Å². The van der Waals surface area contributed by atoms with Gasteiger partial charge in [-0.1, -0.05) is 12.1 Å². The minimum atomic E-state index is -0.359. The monoisotopic (exact) mass is 289 g/mol. The maximum Gasteiger partial charge on any atom is 0.289 e. The molecule has 4 N–H and O–H groups in total. The Labute approximate surface area is 122 Å². The lowest BCUT2D eigenvalue weighted by molar-refractivity contribution is 0.0929. The van der Waals surface area contributed by atoms with Gasteiger partial charge >= 0.3 is 0 Å². The van der Waals surface area contributed by atoms with Crippen LogP contribution in [0.4, 0.5) is 5.95 Å². The first-order chi connectivity index (χ1) is 9.95. The fourth-order valence-electron chi connectivity index (χ4n) is 1.85. The summed E-state index contributed by atoms with van der Waals surface area (Å²) in [5, 5.41) is 8.92. The van der Waals surface area contributed by atoms with E-state index in [0.29, 0.717) is 0 Å². The molecule has 112 valence electrons. The second-order valence-electron chi connectivity index (χ2n) is 4.98. The number of nitrogens with two attached hydrogens (primary N) is 1. The summed E-state index contributed by atoms with van der Waals surface area (Å²) < 4.78 is 5.64. The molecule has 0 aliphatic heterocycles. The maximum atomic E-state index is 12.0. The minimum Gasteiger partial charge on any atom is -0.491 e. The van der Waals surface area contributed by atoms with Crippen LogP contribution in [0, 0.1) is 0 Å². The van der Waals surface area contributed by atoms with Crippen molar-refractivity contribution >= 4 is 11.9 Å². The van der Waals surface area contributed by atoms with Crippen LogP contribution in [0.2, 0.25) is 0 Å². The van der Waals surface area contributed by atoms with Crippen molar-refractivity contribution in [2.24, 2.45) is 0 Å². The molecule has 1 unspecified atom stereocenters. The normalized spacial score (nSPS) is 12.2. The summed E-state index contributed by atoms with van der Waals surface area (Å²) in [7, 11) is 0. The van der Waals surface area contributed by atoms with E-state index in [1.165, 1.54) is 0 Å². The number of ether oxygens (including phenoxy) is 1. The third-order valence-corrected chi connectivity index (χ3v) is 2.80. The van der Waals surface area contributed by atoms with Gasteiger partial charge in [-0.15, -0.1) is 5.10 Å². The number of nitrogens with zero attached hydrogens (tertiary/aromatic N) is 2. The highest BCUT2D eigenvalue weighted by atomic mass is 16.5. The number of aromatic nitrogens is 3. The fourth-order valence-corrected chi connectivity index (χ4v) is 1.85. The molecule has 0 saturated carbocycles. The molecule has 0 fully saturated rings. The minimum absolute atomic E-state index is 0.0418. The van der Waals surface area contributed by atoms with Crippen LogP contribution in [-0.4, -0.2) is 27.2 Å². The summed E-state index contributed by atoms with van der Waals surface area (Å²) >= 11 is 0. The quantitative estimate of drug-likeness (QED) is 0.776. The Morgan fingerprint density at radius 2 is 2.14 bits per heavy atom. The molecule has 2 aromatic rings. The van der Waals surface area contributed by atoms with Crippen molar-refractivity contribution < 1.29 is 9.53 Å². The topological polar surface area (TPSA) is 106 Å². The average Bonchev–Trinajstić information content (AvgIpc) is 2.85. The van der Waals surface area contributed by atoms with Gasteiger partial charge in [0.1, 0.15) is 5.75 Å². The number of H-pyrrole nitrogens is 1. The molecule has 1 amide bonds. The van der Waals surface area contributed by atoms with Crippen molar-refractivity contribution in [3.05, 3.63) is 35.7 Å². The molecule has 0 aliphatic rings. The van der Waals surface area contributed by atoms with Gasteiger partial charge in [0.15, 0.2) is 0 Å². The molecule has 0 saturated heterocycles. The SMILES string of the molecule is CC(C)Oc1cccc(C(C)NC(=O)c2nc(N)n[nH]2)c1. The molecular weight excluding hydrogens is 270 g/mol. The smallest absolute Gasteiger partial charge is 0.289 e. The number of rotatable bonds is 5. The van der Waals surface area contributed by atoms with E-state index in [-0.39, 0.29) is 29.8 Å². The van der Waals surface area contributed by atoms with Crippen LogP contribution in [0.15, 0.2) is 24.3 Å². The highest BCUT2D eigenvalue weighted by Crippen LogP contribution is 2.20. The third-order valence-electron chi connectivity index (χ3n) is 2.80. The molecule has 1 atom stereocenters. The van der Waals surface area contributed by atoms with Crippen molar-refractivity contribution in [3.63, 3.8) is 0 Å². The van der Waals surface area contributed by atoms with Gasteiger partial charge in [0, 0.05) is 0 Å². The molecule has 1 heterocycles. The van der Waals surface area contributed by atoms with Crippen LogP contribution >= 0.6 is 0 Å². The Balaban J connectivity index is 2.06. The van der Waals surface area contributed by atoms with Crippen LogP contribution in [0.25, 0.3) is 0 Å². The van der Waals surface area contributed by atoms with E-state index in [1.807, 2.05) is 45.0 Å². The van der Waals surface area contributed by atoms with Crippen molar-refractivity contribution in [1.82, 2.24) is 20.5 Å². The predicted octanol–water partition coefficient (Wildman–Crippen LogP) is 1.67. The van der Waals surface area contributed by atoms with Crippen molar-refractivity contribution in [2.75, 3.05) is 5.73 Å². The Morgan fingerprint density at radius 1 is 1.38 bits per heavy atom. The van der Waals surface area contributed by atoms with Gasteiger partial charge in [0.05, 0.1) is 12.1 Å². The number of carbonyl (C=O) groups is 1. The fraction of sp³-hybridized carbons (Fsp3) is 0.357. The molecule has 1 aromatic heterocycles. The summed E-state index contributed by atoms with van der Waals surface area (Å²) in [5.41, 5.74) is 6.31. The van der Waals surface area contributed by atoms with Crippen molar-refractivity contribution in [2.45, 2.75) is 32.9 Å². The molecule has 1 aromatic carbocycles. The van der Waals surface area contributed by atoms with Crippen molar-refractivity contribution in [3.8, 4) is 5.75 Å². The largest absolute Gasteiger partial charge is 0.491 e. The number of nitrogens with one attached hydrogen (secondary N) is 2. The van der Waals surface area contributed by atoms with Gasteiger partial charge < -0.3 is 15.8 Å². The van der Waals surface area contributed by atoms with Gasteiger partial charge in [-0.05, 0) is 38.5 Å². The number of hydrogen-bond donors (Lipinski definition) is 3. The molecule has 0 radical (unpaired) electrons. The zero-order chi connectivity index (χ0) is 15.4. The van der Waals surface area contributed by atoms with E-state index in [4.69, 9.17) is 10.5 Å². The third kappa shape index (κ3) is 3.95. The number of nitrogen functional groups attached to an aromatic ring is 1. The number of carbonyl (C=O) groups excluding carboxylic acids is 1. The molecule has 7 nitrogen and oxygen atoms in total. The standard InChI is InChI=1S/C14H19N5O2/c1-8(2)21-11-6-4-5-10(7-11)9(3)16-13(20)12-17-14(15)19-18-12/h4-9H,1-3H3,(H,16,20)(H3,15,17,18,19). The highest BCUT2D eigenvalue weighted by molar-refractivity contribution is 5.90. The summed E-state index contributed by atoms with van der Waals surface area (Å²) in [4.78, 5) is 15.8. The summed E-state index contributed by atoms with van der Waals surface area (Å²) in [6.07, 6.45) is 0.0994. The molecular formula is C14H19N5O2. The Hall–Kier alpha value is -2.57. The van der Waals surface area contributed by atoms with E-state index >= 15 is 0 Å². The van der Waals surface area contributed by atoms with E-state index < -0.39 is 0 Å². The lowest BCUT2D eigenvalue weighted by atomic mass is 10.1. The van der Waals surface area contributed by atoms with E-state index in [0.717, 1.165) is 11.3 Å². The Bertz CT molecular complexity index is 623. The van der Waals surface area contributed by atoms with Gasteiger partial charge in [0.25, 0.3) is 5.91 Å². The van der Waals surface area contributed by atoms with E-state index in [2.05, 4.69) is 20.5 Å². The van der Waals surface area contributed by atoms with Crippen LogP contribution in [-0.2, 0) is 0 Å². The summed E-state index contributed by atoms with van der Waals surface area (Å²) in [6.45, 7) is 5.81.